The molecule has 12 heteroatoms. The van der Waals surface area contributed by atoms with E-state index < -0.39 is 22.3 Å². The molecule has 45 heavy (non-hydrogen) atoms. The molecule has 0 saturated heterocycles. The Labute approximate surface area is 266 Å². The van der Waals surface area contributed by atoms with Crippen molar-refractivity contribution in [1.29, 1.82) is 5.41 Å². The van der Waals surface area contributed by atoms with Crippen LogP contribution < -0.4 is 15.8 Å². The predicted molar refractivity (Wildman–Crippen MR) is 177 cm³/mol. The average Bonchev–Trinajstić information content (AvgIpc) is 3.01. The van der Waals surface area contributed by atoms with Gasteiger partial charge in [-0.3, -0.25) is 15.6 Å². The first-order valence-electron chi connectivity index (χ1n) is 15.1. The number of carbonyl (C=O) groups is 2. The lowest BCUT2D eigenvalue weighted by molar-refractivity contribution is 0.00680. The van der Waals surface area contributed by atoms with E-state index in [0.717, 1.165) is 37.9 Å². The van der Waals surface area contributed by atoms with Crippen LogP contribution in [-0.2, 0) is 21.3 Å². The number of nitrogens with two attached hydrogens (primary N) is 1. The van der Waals surface area contributed by atoms with Crippen LogP contribution in [0.4, 0.5) is 15.3 Å². The number of anilines is 1. The number of amides is 3. The molecule has 11 nitrogen and oxygen atoms in total. The van der Waals surface area contributed by atoms with E-state index in [1.807, 2.05) is 24.8 Å². The Balaban J connectivity index is 1.71. The minimum absolute atomic E-state index is 0.0282. The van der Waals surface area contributed by atoms with Crippen LogP contribution in [0.2, 0.25) is 0 Å². The van der Waals surface area contributed by atoms with Crippen molar-refractivity contribution in [2.75, 3.05) is 25.0 Å². The van der Waals surface area contributed by atoms with Crippen LogP contribution in [0, 0.1) is 5.41 Å². The minimum Gasteiger partial charge on any atom is -0.430 e. The summed E-state index contributed by atoms with van der Waals surface area (Å²) in [6.07, 6.45) is 1.65. The van der Waals surface area contributed by atoms with Crippen molar-refractivity contribution in [2.24, 2.45) is 5.14 Å². The van der Waals surface area contributed by atoms with Crippen LogP contribution in [0.5, 0.6) is 0 Å². The SMILES string of the molecule is CCCCCN(Cc1cccc(C(=N)NC(=O)OC(C)N(CC)CC)c1)C(=O)Nc1ccc(-c2ccccc2S(N)(=O)=O)cc1. The molecule has 0 heterocycles. The van der Waals surface area contributed by atoms with Gasteiger partial charge in [0.25, 0.3) is 0 Å². The number of nitrogens with one attached hydrogen (secondary N) is 3. The normalized spacial score (nSPS) is 12.0. The largest absolute Gasteiger partial charge is 0.430 e. The number of benzene rings is 3. The molecule has 0 bridgehead atoms. The fourth-order valence-corrected chi connectivity index (χ4v) is 5.67. The maximum Gasteiger partial charge on any atom is 0.414 e. The van der Waals surface area contributed by atoms with E-state index in [4.69, 9.17) is 15.3 Å². The highest BCUT2D eigenvalue weighted by Gasteiger charge is 2.19. The number of hydrogen-bond acceptors (Lipinski definition) is 7. The standard InChI is InChI=1S/C33H44N6O5S/c1-5-8-11-21-39(23-25-13-12-14-27(22-25)31(34)37-33(41)44-24(4)38(6-2)7-3)32(40)36-28-19-17-26(18-20-28)29-15-9-10-16-30(29)45(35,42)43/h9-10,12-20,22,24H,5-8,11,21,23H2,1-4H3,(H,36,40)(H2,34,37,41)(H2,35,42,43). The van der Waals surface area contributed by atoms with Gasteiger partial charge >= 0.3 is 12.1 Å². The summed E-state index contributed by atoms with van der Waals surface area (Å²) in [5.74, 6) is -0.0975. The number of nitrogens with zero attached hydrogens (tertiary/aromatic N) is 2. The van der Waals surface area contributed by atoms with Gasteiger partial charge in [0.05, 0.1) is 4.90 Å². The third-order valence-corrected chi connectivity index (χ3v) is 8.35. The molecule has 3 aromatic rings. The molecule has 0 radical (unpaired) electrons. The zero-order valence-electron chi connectivity index (χ0n) is 26.4. The molecule has 1 unspecified atom stereocenters. The monoisotopic (exact) mass is 636 g/mol. The number of hydrogen-bond donors (Lipinski definition) is 4. The highest BCUT2D eigenvalue weighted by Crippen LogP contribution is 2.27. The number of amidine groups is 1. The molecule has 3 aromatic carbocycles. The zero-order valence-corrected chi connectivity index (χ0v) is 27.2. The van der Waals surface area contributed by atoms with E-state index in [1.165, 1.54) is 6.07 Å². The maximum absolute atomic E-state index is 13.4. The molecule has 0 saturated carbocycles. The van der Waals surface area contributed by atoms with Crippen LogP contribution in [-0.4, -0.2) is 62.0 Å². The molecule has 0 aliphatic heterocycles. The van der Waals surface area contributed by atoms with Gasteiger partial charge in [-0.15, -0.1) is 0 Å². The van der Waals surface area contributed by atoms with Crippen molar-refractivity contribution in [3.63, 3.8) is 0 Å². The summed E-state index contributed by atoms with van der Waals surface area (Å²) in [6, 6.07) is 20.2. The lowest BCUT2D eigenvalue weighted by Crippen LogP contribution is -2.40. The van der Waals surface area contributed by atoms with Crippen molar-refractivity contribution < 1.29 is 22.7 Å². The molecule has 0 fully saturated rings. The second-order valence-electron chi connectivity index (χ2n) is 10.6. The molecule has 0 aliphatic carbocycles. The Kier molecular flexibility index (Phi) is 13.1. The van der Waals surface area contributed by atoms with Gasteiger partial charge in [-0.25, -0.2) is 23.1 Å². The number of unbranched alkanes of at least 4 members (excludes halogenated alkanes) is 2. The van der Waals surface area contributed by atoms with Crippen LogP contribution >= 0.6 is 0 Å². The van der Waals surface area contributed by atoms with Crippen molar-refractivity contribution in [1.82, 2.24) is 15.1 Å². The van der Waals surface area contributed by atoms with Crippen LogP contribution in [0.1, 0.15) is 58.1 Å². The van der Waals surface area contributed by atoms with E-state index in [9.17, 15) is 18.0 Å². The lowest BCUT2D eigenvalue weighted by atomic mass is 10.1. The fraction of sp³-hybridized carbons (Fsp3) is 0.364. The smallest absolute Gasteiger partial charge is 0.414 e. The molecule has 0 spiro atoms. The third kappa shape index (κ3) is 10.4. The topological polar surface area (TPSA) is 158 Å². The molecular weight excluding hydrogens is 592 g/mol. The number of ether oxygens (including phenoxy) is 1. The molecule has 1 atom stereocenters. The minimum atomic E-state index is -3.91. The van der Waals surface area contributed by atoms with E-state index in [2.05, 4.69) is 17.6 Å². The molecule has 3 rings (SSSR count). The summed E-state index contributed by atoms with van der Waals surface area (Å²) in [5, 5.41) is 19.2. The fourth-order valence-electron chi connectivity index (χ4n) is 4.91. The Hall–Kier alpha value is -4.26. The summed E-state index contributed by atoms with van der Waals surface area (Å²) in [7, 11) is -3.91. The predicted octanol–water partition coefficient (Wildman–Crippen LogP) is 5.96. The summed E-state index contributed by atoms with van der Waals surface area (Å²) >= 11 is 0. The first kappa shape index (κ1) is 35.2. The summed E-state index contributed by atoms with van der Waals surface area (Å²) in [5.41, 5.74) is 2.96. The van der Waals surface area contributed by atoms with Crippen LogP contribution in [0.3, 0.4) is 0 Å². The average molecular weight is 637 g/mol. The van der Waals surface area contributed by atoms with Gasteiger partial charge in [-0.2, -0.15) is 0 Å². The number of alkyl carbamates (subject to hydrolysis) is 1. The van der Waals surface area contributed by atoms with Gasteiger partial charge < -0.3 is 15.0 Å². The Bertz CT molecular complexity index is 1560. The van der Waals surface area contributed by atoms with Crippen molar-refractivity contribution in [2.45, 2.75) is 64.6 Å². The van der Waals surface area contributed by atoms with Crippen LogP contribution in [0.15, 0.2) is 77.7 Å². The second kappa shape index (κ2) is 16.7. The number of sulfonamides is 1. The number of primary sulfonamides is 1. The molecular formula is C33H44N6O5S. The maximum atomic E-state index is 13.4. The number of rotatable bonds is 14. The summed E-state index contributed by atoms with van der Waals surface area (Å²) in [4.78, 5) is 29.5. The molecule has 0 aromatic heterocycles. The molecule has 3 amide bonds. The third-order valence-electron chi connectivity index (χ3n) is 7.38. The Morgan fingerprint density at radius 3 is 2.29 bits per heavy atom. The second-order valence-corrected chi connectivity index (χ2v) is 12.1. The summed E-state index contributed by atoms with van der Waals surface area (Å²) in [6.45, 7) is 10.1. The Morgan fingerprint density at radius 1 is 0.956 bits per heavy atom. The highest BCUT2D eigenvalue weighted by molar-refractivity contribution is 7.89. The van der Waals surface area contributed by atoms with Gasteiger partial charge in [0, 0.05) is 29.9 Å². The van der Waals surface area contributed by atoms with Crippen molar-refractivity contribution in [3.8, 4) is 11.1 Å². The van der Waals surface area contributed by atoms with E-state index in [1.54, 1.807) is 72.5 Å². The number of urea groups is 1. The van der Waals surface area contributed by atoms with Crippen molar-refractivity contribution in [3.05, 3.63) is 83.9 Å². The van der Waals surface area contributed by atoms with E-state index in [-0.39, 0.29) is 16.8 Å². The van der Waals surface area contributed by atoms with Gasteiger partial charge in [0.1, 0.15) is 5.84 Å². The Morgan fingerprint density at radius 2 is 1.64 bits per heavy atom. The summed E-state index contributed by atoms with van der Waals surface area (Å²) < 4.78 is 29.5. The quantitative estimate of drug-likeness (QED) is 0.0739. The van der Waals surface area contributed by atoms with E-state index in [0.29, 0.717) is 35.5 Å². The molecule has 242 valence electrons. The van der Waals surface area contributed by atoms with Crippen LogP contribution in [0.25, 0.3) is 11.1 Å². The van der Waals surface area contributed by atoms with Gasteiger partial charge in [-0.1, -0.05) is 82.1 Å². The van der Waals surface area contributed by atoms with Gasteiger partial charge in [0.15, 0.2) is 6.23 Å². The van der Waals surface area contributed by atoms with Gasteiger partial charge in [-0.05, 0) is 61.8 Å². The first-order valence-corrected chi connectivity index (χ1v) is 16.7. The van der Waals surface area contributed by atoms with E-state index >= 15 is 0 Å². The van der Waals surface area contributed by atoms with Crippen molar-refractivity contribution >= 4 is 33.7 Å². The van der Waals surface area contributed by atoms with Gasteiger partial charge in [0.2, 0.25) is 10.0 Å². The highest BCUT2D eigenvalue weighted by atomic mass is 32.2. The number of carbonyl (C=O) groups excluding carboxylic acids is 2. The molecule has 0 aliphatic rings. The lowest BCUT2D eigenvalue weighted by Gasteiger charge is -2.26. The zero-order chi connectivity index (χ0) is 33.0. The first-order chi connectivity index (χ1) is 21.5. The molecule has 5 N–H and O–H groups in total.